The maximum absolute atomic E-state index is 13.3. The lowest BCUT2D eigenvalue weighted by atomic mass is 9.80. The quantitative estimate of drug-likeness (QED) is 0.586. The van der Waals surface area contributed by atoms with E-state index in [4.69, 9.17) is 0 Å². The van der Waals surface area contributed by atoms with E-state index in [9.17, 15) is 22.4 Å². The Morgan fingerprint density at radius 3 is 2.15 bits per heavy atom. The molecule has 2 aliphatic rings. The van der Waals surface area contributed by atoms with Gasteiger partial charge in [-0.05, 0) is 55.2 Å². The van der Waals surface area contributed by atoms with Crippen molar-refractivity contribution in [1.82, 2.24) is 0 Å². The van der Waals surface area contributed by atoms with Gasteiger partial charge in [-0.25, -0.2) is 4.39 Å². The minimum absolute atomic E-state index is 0.00583. The second-order valence-electron chi connectivity index (χ2n) is 6.40. The minimum Gasteiger partial charge on any atom is -0.326 e. The Bertz CT molecular complexity index is 598. The van der Waals surface area contributed by atoms with E-state index in [2.05, 4.69) is 5.32 Å². The molecule has 0 radical (unpaired) electrons. The minimum atomic E-state index is -4.77. The fourth-order valence-electron chi connectivity index (χ4n) is 4.08. The van der Waals surface area contributed by atoms with Crippen molar-refractivity contribution in [3.8, 4) is 0 Å². The Morgan fingerprint density at radius 2 is 1.65 bits per heavy atom. The fourth-order valence-corrected chi connectivity index (χ4v) is 4.08. The summed E-state index contributed by atoms with van der Waals surface area (Å²) in [6, 6.07) is 2.56. The zero-order valence-electron chi connectivity index (χ0n) is 16.1. The van der Waals surface area contributed by atoms with Gasteiger partial charge < -0.3 is 5.32 Å². The number of hydrogen-bond acceptors (Lipinski definition) is 1. The molecule has 4 unspecified atom stereocenters. The molecule has 2 saturated carbocycles. The average molecular weight is 375 g/mol. The van der Waals surface area contributed by atoms with E-state index in [1.54, 1.807) is 0 Å². The number of nitrogens with one attached hydrogen (secondary N) is 1. The zero-order chi connectivity index (χ0) is 20.1. The van der Waals surface area contributed by atoms with Crippen molar-refractivity contribution in [3.05, 3.63) is 29.6 Å². The third-order valence-corrected chi connectivity index (χ3v) is 5.17. The average Bonchev–Trinajstić information content (AvgIpc) is 3.20. The molecule has 0 saturated heterocycles. The first kappa shape index (κ1) is 22.5. The molecule has 1 N–H and O–H groups in total. The first-order chi connectivity index (χ1) is 12.3. The van der Waals surface area contributed by atoms with Gasteiger partial charge in [-0.3, -0.25) is 4.79 Å². The summed E-state index contributed by atoms with van der Waals surface area (Å²) in [5.41, 5.74) is -1.36. The van der Waals surface area contributed by atoms with Crippen molar-refractivity contribution >= 4 is 11.6 Å². The molecule has 2 bridgehead atoms. The summed E-state index contributed by atoms with van der Waals surface area (Å²) in [6.45, 7) is 10.0. The molecule has 0 heterocycles. The lowest BCUT2D eigenvalue weighted by molar-refractivity contribution is -0.140. The molecular weight excluding hydrogens is 346 g/mol. The Kier molecular flexibility index (Phi) is 8.10. The van der Waals surface area contributed by atoms with E-state index in [0.29, 0.717) is 17.9 Å². The van der Waals surface area contributed by atoms with Gasteiger partial charge in [-0.2, -0.15) is 13.2 Å². The van der Waals surface area contributed by atoms with Crippen LogP contribution in [0, 0.1) is 29.5 Å². The summed E-state index contributed by atoms with van der Waals surface area (Å²) in [6.07, 6.45) is -1.62. The number of anilines is 1. The number of rotatable bonds is 2. The summed E-state index contributed by atoms with van der Waals surface area (Å²) >= 11 is 0. The molecule has 0 aromatic heterocycles. The number of amides is 1. The van der Waals surface area contributed by atoms with Crippen LogP contribution >= 0.6 is 0 Å². The van der Waals surface area contributed by atoms with Gasteiger partial charge in [0.05, 0.1) is 5.56 Å². The van der Waals surface area contributed by atoms with Gasteiger partial charge in [0.2, 0.25) is 5.91 Å². The first-order valence-electron chi connectivity index (χ1n) is 9.45. The van der Waals surface area contributed by atoms with Crippen molar-refractivity contribution in [2.24, 2.45) is 23.7 Å². The van der Waals surface area contributed by atoms with Crippen LogP contribution in [0.15, 0.2) is 18.2 Å². The number of carbonyl (C=O) groups excluding carboxylic acids is 1. The maximum atomic E-state index is 13.3. The highest BCUT2D eigenvalue weighted by atomic mass is 19.4. The summed E-state index contributed by atoms with van der Waals surface area (Å²) < 4.78 is 51.4. The molecule has 2 nitrogen and oxygen atoms in total. The van der Waals surface area contributed by atoms with E-state index in [0.717, 1.165) is 25.3 Å². The van der Waals surface area contributed by atoms with E-state index in [-0.39, 0.29) is 23.4 Å². The molecule has 1 aromatic carbocycles. The second-order valence-corrected chi connectivity index (χ2v) is 6.40. The van der Waals surface area contributed by atoms with Gasteiger partial charge in [-0.1, -0.05) is 34.6 Å². The first-order valence-corrected chi connectivity index (χ1v) is 9.45. The molecule has 2 aliphatic carbocycles. The summed E-state index contributed by atoms with van der Waals surface area (Å²) in [5.74, 6) is -0.625. The predicted molar refractivity (Wildman–Crippen MR) is 96.2 cm³/mol. The van der Waals surface area contributed by atoms with E-state index in [1.807, 2.05) is 34.6 Å². The van der Waals surface area contributed by atoms with Crippen molar-refractivity contribution in [3.63, 3.8) is 0 Å². The van der Waals surface area contributed by atoms with Crippen LogP contribution in [0.5, 0.6) is 0 Å². The van der Waals surface area contributed by atoms with Crippen LogP contribution in [-0.4, -0.2) is 5.91 Å². The predicted octanol–water partition coefficient (Wildman–Crippen LogP) is 6.52. The van der Waals surface area contributed by atoms with Crippen molar-refractivity contribution in [2.45, 2.75) is 60.1 Å². The van der Waals surface area contributed by atoms with E-state index < -0.39 is 17.6 Å². The van der Waals surface area contributed by atoms with Crippen LogP contribution in [-0.2, 0) is 11.0 Å². The van der Waals surface area contributed by atoms with Gasteiger partial charge in [0.15, 0.2) is 0 Å². The third-order valence-electron chi connectivity index (χ3n) is 5.17. The Balaban J connectivity index is 0.000000791. The molecule has 4 atom stereocenters. The normalized spacial score (nSPS) is 26.3. The van der Waals surface area contributed by atoms with Gasteiger partial charge >= 0.3 is 6.18 Å². The summed E-state index contributed by atoms with van der Waals surface area (Å²) in [7, 11) is 0. The number of alkyl halides is 3. The van der Waals surface area contributed by atoms with Crippen molar-refractivity contribution in [1.29, 1.82) is 0 Å². The van der Waals surface area contributed by atoms with Crippen LogP contribution < -0.4 is 5.32 Å². The van der Waals surface area contributed by atoms with Crippen LogP contribution in [0.1, 0.15) is 59.4 Å². The lowest BCUT2D eigenvalue weighted by Gasteiger charge is -2.27. The van der Waals surface area contributed by atoms with Crippen LogP contribution in [0.4, 0.5) is 23.2 Å². The highest BCUT2D eigenvalue weighted by Crippen LogP contribution is 2.52. The molecular formula is C20H29F4NO. The molecule has 1 amide bonds. The zero-order valence-corrected chi connectivity index (χ0v) is 16.1. The lowest BCUT2D eigenvalue weighted by Crippen LogP contribution is -2.32. The molecule has 3 rings (SSSR count). The number of carbonyl (C=O) groups is 1. The third kappa shape index (κ3) is 4.77. The van der Waals surface area contributed by atoms with E-state index >= 15 is 0 Å². The SMILES string of the molecule is CC.CC.CC1C2CCC(C2)C1C(=O)Nc1ccc(F)c(C(F)(F)F)c1. The standard InChI is InChI=1S/C16H17F4NO.2C2H6/c1-8-9-2-3-10(6-9)14(8)15(22)21-11-4-5-13(17)12(7-11)16(18,19)20;2*1-2/h4-5,7-10,14H,2-3,6H2,1H3,(H,21,22);2*1-2H3. The van der Waals surface area contributed by atoms with Gasteiger partial charge in [0.1, 0.15) is 5.82 Å². The Labute approximate surface area is 153 Å². The molecule has 0 aliphatic heterocycles. The molecule has 2 fully saturated rings. The van der Waals surface area contributed by atoms with E-state index in [1.165, 1.54) is 6.07 Å². The summed E-state index contributed by atoms with van der Waals surface area (Å²) in [4.78, 5) is 12.4. The Hall–Kier alpha value is -1.59. The number of fused-ring (bicyclic) bond motifs is 2. The highest BCUT2D eigenvalue weighted by molar-refractivity contribution is 5.93. The smallest absolute Gasteiger partial charge is 0.326 e. The molecule has 26 heavy (non-hydrogen) atoms. The molecule has 0 spiro atoms. The van der Waals surface area contributed by atoms with Crippen LogP contribution in [0.2, 0.25) is 0 Å². The van der Waals surface area contributed by atoms with Gasteiger partial charge in [0, 0.05) is 11.6 Å². The number of halogens is 4. The van der Waals surface area contributed by atoms with Gasteiger partial charge in [-0.15, -0.1) is 0 Å². The summed E-state index contributed by atoms with van der Waals surface area (Å²) in [5, 5.41) is 2.53. The molecule has 1 aromatic rings. The van der Waals surface area contributed by atoms with Crippen molar-refractivity contribution in [2.75, 3.05) is 5.32 Å². The maximum Gasteiger partial charge on any atom is 0.419 e. The highest BCUT2D eigenvalue weighted by Gasteiger charge is 2.48. The number of benzene rings is 1. The van der Waals surface area contributed by atoms with Gasteiger partial charge in [0.25, 0.3) is 0 Å². The second kappa shape index (κ2) is 9.38. The topological polar surface area (TPSA) is 29.1 Å². The molecule has 148 valence electrons. The number of hydrogen-bond donors (Lipinski definition) is 1. The van der Waals surface area contributed by atoms with Crippen molar-refractivity contribution < 1.29 is 22.4 Å². The Morgan fingerprint density at radius 1 is 1.08 bits per heavy atom. The largest absolute Gasteiger partial charge is 0.419 e. The molecule has 6 heteroatoms. The monoisotopic (exact) mass is 375 g/mol. The van der Waals surface area contributed by atoms with Crippen LogP contribution in [0.3, 0.4) is 0 Å². The fraction of sp³-hybridized carbons (Fsp3) is 0.650. The van der Waals surface area contributed by atoms with Crippen LogP contribution in [0.25, 0.3) is 0 Å².